The standard InChI is InChI=1S/C15H16Cl2N2O2/c1-9(13-4-3-12(16)7-14(13)17)19-15(20)18-8-11-5-6-21-10(11)2/h3-7,9H,8H2,1-2H3,(H2,18,19,20). The molecule has 0 aliphatic heterocycles. The largest absolute Gasteiger partial charge is 0.469 e. The van der Waals surface area contributed by atoms with Crippen LogP contribution in [0.15, 0.2) is 34.9 Å². The van der Waals surface area contributed by atoms with Gasteiger partial charge in [-0.2, -0.15) is 0 Å². The summed E-state index contributed by atoms with van der Waals surface area (Å²) in [7, 11) is 0. The van der Waals surface area contributed by atoms with Crippen LogP contribution in [0.2, 0.25) is 10.0 Å². The highest BCUT2D eigenvalue weighted by Gasteiger charge is 2.13. The van der Waals surface area contributed by atoms with Crippen molar-refractivity contribution < 1.29 is 9.21 Å². The molecule has 2 aromatic rings. The summed E-state index contributed by atoms with van der Waals surface area (Å²) in [6, 6.07) is 6.54. The number of hydrogen-bond acceptors (Lipinski definition) is 2. The predicted molar refractivity (Wildman–Crippen MR) is 83.7 cm³/mol. The highest BCUT2D eigenvalue weighted by atomic mass is 35.5. The number of hydrogen-bond donors (Lipinski definition) is 2. The maximum absolute atomic E-state index is 11.9. The number of nitrogens with one attached hydrogen (secondary N) is 2. The lowest BCUT2D eigenvalue weighted by molar-refractivity contribution is 0.237. The van der Waals surface area contributed by atoms with Gasteiger partial charge in [-0.25, -0.2) is 4.79 Å². The Hall–Kier alpha value is -1.65. The number of aryl methyl sites for hydroxylation is 1. The van der Waals surface area contributed by atoms with Gasteiger partial charge in [0.15, 0.2) is 0 Å². The molecule has 0 saturated carbocycles. The Morgan fingerprint density at radius 2 is 2.10 bits per heavy atom. The normalized spacial score (nSPS) is 12.0. The van der Waals surface area contributed by atoms with E-state index < -0.39 is 0 Å². The fraction of sp³-hybridized carbons (Fsp3) is 0.267. The van der Waals surface area contributed by atoms with Crippen molar-refractivity contribution in [3.8, 4) is 0 Å². The van der Waals surface area contributed by atoms with Gasteiger partial charge in [-0.15, -0.1) is 0 Å². The van der Waals surface area contributed by atoms with E-state index in [0.29, 0.717) is 16.6 Å². The van der Waals surface area contributed by atoms with E-state index in [9.17, 15) is 4.79 Å². The number of halogens is 2. The third-order valence-electron chi connectivity index (χ3n) is 3.18. The quantitative estimate of drug-likeness (QED) is 0.871. The topological polar surface area (TPSA) is 54.3 Å². The fourth-order valence-corrected chi connectivity index (χ4v) is 2.52. The lowest BCUT2D eigenvalue weighted by Gasteiger charge is -2.16. The first-order valence-electron chi connectivity index (χ1n) is 6.49. The van der Waals surface area contributed by atoms with Crippen LogP contribution in [0.1, 0.15) is 29.9 Å². The van der Waals surface area contributed by atoms with E-state index in [2.05, 4.69) is 10.6 Å². The SMILES string of the molecule is Cc1occc1CNC(=O)NC(C)c1ccc(Cl)cc1Cl. The molecule has 1 unspecified atom stereocenters. The summed E-state index contributed by atoms with van der Waals surface area (Å²) in [6.45, 7) is 4.12. The number of benzene rings is 1. The van der Waals surface area contributed by atoms with Crippen molar-refractivity contribution in [3.05, 3.63) is 57.5 Å². The lowest BCUT2D eigenvalue weighted by Crippen LogP contribution is -2.36. The minimum atomic E-state index is -0.269. The Bertz CT molecular complexity index is 640. The van der Waals surface area contributed by atoms with E-state index in [1.165, 1.54) is 0 Å². The minimum absolute atomic E-state index is 0.222. The number of carbonyl (C=O) groups excluding carboxylic acids is 1. The molecule has 1 heterocycles. The van der Waals surface area contributed by atoms with Crippen LogP contribution in [0, 0.1) is 6.92 Å². The summed E-state index contributed by atoms with van der Waals surface area (Å²) in [5, 5.41) is 6.70. The zero-order valence-corrected chi connectivity index (χ0v) is 13.3. The van der Waals surface area contributed by atoms with E-state index in [4.69, 9.17) is 27.6 Å². The number of furan rings is 1. The van der Waals surface area contributed by atoms with Crippen LogP contribution >= 0.6 is 23.2 Å². The number of rotatable bonds is 4. The van der Waals surface area contributed by atoms with Gasteiger partial charge < -0.3 is 15.1 Å². The van der Waals surface area contributed by atoms with Crippen LogP contribution in [-0.4, -0.2) is 6.03 Å². The van der Waals surface area contributed by atoms with Crippen LogP contribution in [0.25, 0.3) is 0 Å². The van der Waals surface area contributed by atoms with Gasteiger partial charge in [0.1, 0.15) is 5.76 Å². The number of carbonyl (C=O) groups is 1. The first kappa shape index (κ1) is 15.7. The zero-order valence-electron chi connectivity index (χ0n) is 11.7. The van der Waals surface area contributed by atoms with Gasteiger partial charge in [-0.05, 0) is 37.6 Å². The summed E-state index contributed by atoms with van der Waals surface area (Å²) in [4.78, 5) is 11.9. The Kier molecular flexibility index (Phi) is 5.15. The summed E-state index contributed by atoms with van der Waals surface area (Å²) >= 11 is 12.0. The molecular formula is C15H16Cl2N2O2. The molecule has 0 fully saturated rings. The maximum atomic E-state index is 11.9. The number of urea groups is 1. The second-order valence-electron chi connectivity index (χ2n) is 4.72. The van der Waals surface area contributed by atoms with E-state index in [-0.39, 0.29) is 12.1 Å². The summed E-state index contributed by atoms with van der Waals surface area (Å²) in [5.41, 5.74) is 1.76. The molecule has 0 radical (unpaired) electrons. The molecule has 1 atom stereocenters. The molecule has 0 aliphatic rings. The van der Waals surface area contributed by atoms with Crippen LogP contribution < -0.4 is 10.6 Å². The van der Waals surface area contributed by atoms with Gasteiger partial charge in [0.25, 0.3) is 0 Å². The smallest absolute Gasteiger partial charge is 0.315 e. The molecule has 2 N–H and O–H groups in total. The lowest BCUT2D eigenvalue weighted by atomic mass is 10.1. The Morgan fingerprint density at radius 1 is 1.33 bits per heavy atom. The molecule has 0 spiro atoms. The molecule has 112 valence electrons. The van der Waals surface area contributed by atoms with Gasteiger partial charge in [-0.3, -0.25) is 0 Å². The van der Waals surface area contributed by atoms with Gasteiger partial charge in [-0.1, -0.05) is 29.3 Å². The van der Waals surface area contributed by atoms with Crippen molar-refractivity contribution in [1.29, 1.82) is 0 Å². The molecule has 1 aromatic heterocycles. The average Bonchev–Trinajstić information content (AvgIpc) is 2.81. The molecule has 21 heavy (non-hydrogen) atoms. The second kappa shape index (κ2) is 6.87. The van der Waals surface area contributed by atoms with Gasteiger partial charge in [0.05, 0.1) is 12.3 Å². The summed E-state index contributed by atoms with van der Waals surface area (Å²) in [5.74, 6) is 0.795. The van der Waals surface area contributed by atoms with Crippen molar-refractivity contribution in [1.82, 2.24) is 10.6 Å². The molecule has 1 aromatic carbocycles. The Balaban J connectivity index is 1.91. The van der Waals surface area contributed by atoms with Crippen molar-refractivity contribution in [3.63, 3.8) is 0 Å². The molecule has 2 amide bonds. The predicted octanol–water partition coefficient (Wildman–Crippen LogP) is 4.46. The fourth-order valence-electron chi connectivity index (χ4n) is 1.95. The van der Waals surface area contributed by atoms with Crippen LogP contribution in [-0.2, 0) is 6.54 Å². The Morgan fingerprint density at radius 3 is 2.71 bits per heavy atom. The first-order chi connectivity index (χ1) is 9.97. The molecular weight excluding hydrogens is 311 g/mol. The molecule has 0 bridgehead atoms. The monoisotopic (exact) mass is 326 g/mol. The zero-order chi connectivity index (χ0) is 15.4. The van der Waals surface area contributed by atoms with Crippen LogP contribution in [0.4, 0.5) is 4.79 Å². The van der Waals surface area contributed by atoms with Crippen LogP contribution in [0.5, 0.6) is 0 Å². The molecule has 4 nitrogen and oxygen atoms in total. The van der Waals surface area contributed by atoms with Gasteiger partial charge in [0, 0.05) is 22.2 Å². The maximum Gasteiger partial charge on any atom is 0.315 e. The highest BCUT2D eigenvalue weighted by molar-refractivity contribution is 6.35. The average molecular weight is 327 g/mol. The van der Waals surface area contributed by atoms with E-state index in [1.54, 1.807) is 24.5 Å². The van der Waals surface area contributed by atoms with E-state index >= 15 is 0 Å². The van der Waals surface area contributed by atoms with Crippen molar-refractivity contribution >= 4 is 29.2 Å². The van der Waals surface area contributed by atoms with Crippen molar-refractivity contribution in [2.75, 3.05) is 0 Å². The third-order valence-corrected chi connectivity index (χ3v) is 3.74. The summed E-state index contributed by atoms with van der Waals surface area (Å²) in [6.07, 6.45) is 1.60. The highest BCUT2D eigenvalue weighted by Crippen LogP contribution is 2.25. The summed E-state index contributed by atoms with van der Waals surface area (Å²) < 4.78 is 5.17. The van der Waals surface area contributed by atoms with Gasteiger partial charge in [0.2, 0.25) is 0 Å². The molecule has 0 saturated heterocycles. The second-order valence-corrected chi connectivity index (χ2v) is 5.56. The van der Waals surface area contributed by atoms with Gasteiger partial charge >= 0.3 is 6.03 Å². The van der Waals surface area contributed by atoms with Crippen LogP contribution in [0.3, 0.4) is 0 Å². The Labute approximate surface area is 133 Å². The van der Waals surface area contributed by atoms with E-state index in [0.717, 1.165) is 16.9 Å². The molecule has 2 rings (SSSR count). The third kappa shape index (κ3) is 4.16. The molecule has 6 heteroatoms. The minimum Gasteiger partial charge on any atom is -0.469 e. The number of amides is 2. The van der Waals surface area contributed by atoms with Crippen molar-refractivity contribution in [2.24, 2.45) is 0 Å². The van der Waals surface area contributed by atoms with E-state index in [1.807, 2.05) is 19.9 Å². The molecule has 0 aliphatic carbocycles. The van der Waals surface area contributed by atoms with Crippen molar-refractivity contribution in [2.45, 2.75) is 26.4 Å². The first-order valence-corrected chi connectivity index (χ1v) is 7.25.